The van der Waals surface area contributed by atoms with Gasteiger partial charge in [0.15, 0.2) is 0 Å². The minimum Gasteiger partial charge on any atom is -0.508 e. The molecular weight excluding hydrogens is 407 g/mol. The monoisotopic (exact) mass is 421 g/mol. The van der Waals surface area contributed by atoms with Crippen molar-refractivity contribution in [2.24, 2.45) is 0 Å². The first-order valence-electron chi connectivity index (χ1n) is 6.81. The maximum atomic E-state index is 10.6. The number of nitro groups is 1. The smallest absolute Gasteiger partial charge is 0.269 e. The van der Waals surface area contributed by atoms with E-state index in [1.165, 1.54) is 12.1 Å². The van der Waals surface area contributed by atoms with Gasteiger partial charge < -0.3 is 5.11 Å². The first kappa shape index (κ1) is 22.0. The van der Waals surface area contributed by atoms with Crippen molar-refractivity contribution in [2.45, 2.75) is 11.7 Å². The molecule has 4 nitrogen and oxygen atoms in total. The molecule has 2 aromatic carbocycles. The molecule has 0 spiro atoms. The van der Waals surface area contributed by atoms with Gasteiger partial charge in [0.05, 0.1) is 4.92 Å². The zero-order chi connectivity index (χ0) is 20.2. The van der Waals surface area contributed by atoms with Crippen molar-refractivity contribution in [3.8, 4) is 5.75 Å². The number of hydrogen-bond donors (Lipinski definition) is 1. The van der Waals surface area contributed by atoms with Gasteiger partial charge in [0.1, 0.15) is 11.0 Å². The molecule has 0 aliphatic carbocycles. The van der Waals surface area contributed by atoms with E-state index in [2.05, 4.69) is 12.6 Å². The summed E-state index contributed by atoms with van der Waals surface area (Å²) in [7, 11) is -10.7. The number of nitrogens with zero attached hydrogens (tertiary/aromatic N) is 1. The summed E-state index contributed by atoms with van der Waals surface area (Å²) in [6.07, 6.45) is 0.722. The van der Waals surface area contributed by atoms with Crippen molar-refractivity contribution < 1.29 is 35.2 Å². The molecule has 0 saturated carbocycles. The molecule has 0 aliphatic heterocycles. The molecule has 1 unspecified atom stereocenters. The summed E-state index contributed by atoms with van der Waals surface area (Å²) < 4.78 is 59.2. The van der Waals surface area contributed by atoms with E-state index in [0.717, 1.165) is 17.5 Å². The Morgan fingerprint density at radius 2 is 1.38 bits per heavy atom. The van der Waals surface area contributed by atoms with Crippen molar-refractivity contribution in [2.75, 3.05) is 0 Å². The third-order valence-electron chi connectivity index (χ3n) is 2.88. The first-order valence-corrected chi connectivity index (χ1v) is 9.41. The fraction of sp³-hybridized carbons (Fsp3) is 0.143. The zero-order valence-corrected chi connectivity index (χ0v) is 14.7. The largest absolute Gasteiger partial charge is 0.508 e. The van der Waals surface area contributed by atoms with Gasteiger partial charge in [-0.15, -0.1) is 0 Å². The molecule has 0 heterocycles. The van der Waals surface area contributed by atoms with Crippen LogP contribution in [0, 0.1) is 10.1 Å². The van der Waals surface area contributed by atoms with E-state index in [0.29, 0.717) is 0 Å². The summed E-state index contributed by atoms with van der Waals surface area (Å²) in [5.74, 6) is 0.234. The molecule has 1 N–H and O–H groups in total. The number of hydrogen-bond acceptors (Lipinski definition) is 3. The summed E-state index contributed by atoms with van der Waals surface area (Å²) in [5.41, 5.74) is 2.16. The predicted octanol–water partition coefficient (Wildman–Crippen LogP) is 5.98. The van der Waals surface area contributed by atoms with E-state index >= 15 is 0 Å². The number of rotatable bonds is 4. The van der Waals surface area contributed by atoms with Crippen LogP contribution in [0.4, 0.5) is 30.9 Å². The Kier molecular flexibility index (Phi) is 5.90. The number of benzene rings is 2. The minimum absolute atomic E-state index is 0.0962. The summed E-state index contributed by atoms with van der Waals surface area (Å²) in [4.78, 5) is 10.2. The fourth-order valence-electron chi connectivity index (χ4n) is 1.81. The second-order valence-corrected chi connectivity index (χ2v) is 7.84. The molecule has 0 amide bonds. The summed E-state index contributed by atoms with van der Waals surface area (Å²) in [6.45, 7) is 0. The van der Waals surface area contributed by atoms with Crippen LogP contribution in [0.1, 0.15) is 16.4 Å². The molecule has 146 valence electrons. The Balaban J connectivity index is 0.000000412. The minimum atomic E-state index is -10.7. The quantitative estimate of drug-likeness (QED) is 0.217. The van der Waals surface area contributed by atoms with Crippen LogP contribution in [0.25, 0.3) is 0 Å². The summed E-state index contributed by atoms with van der Waals surface area (Å²) in [6, 6.07) is 13.5. The Labute approximate surface area is 149 Å². The van der Waals surface area contributed by atoms with Crippen molar-refractivity contribution in [3.63, 3.8) is 0 Å². The number of nitro benzene ring substituents is 1. The van der Waals surface area contributed by atoms with Gasteiger partial charge in [-0.3, -0.25) is 10.1 Å². The van der Waals surface area contributed by atoms with Crippen LogP contribution in [-0.4, -0.2) is 10.0 Å². The first-order chi connectivity index (χ1) is 11.5. The number of aromatic hydroxyl groups is 1. The van der Waals surface area contributed by atoms with Crippen LogP contribution in [0.15, 0.2) is 48.5 Å². The van der Waals surface area contributed by atoms with Gasteiger partial charge in [0.2, 0.25) is 0 Å². The molecule has 26 heavy (non-hydrogen) atoms. The van der Waals surface area contributed by atoms with Crippen LogP contribution in [0.5, 0.6) is 5.75 Å². The van der Waals surface area contributed by atoms with Gasteiger partial charge >= 0.3 is 33.0 Å². The van der Waals surface area contributed by atoms with E-state index in [9.17, 15) is 40.4 Å². The number of phenolic OH excluding ortho intramolecular Hbond substituents is 1. The van der Waals surface area contributed by atoms with Crippen LogP contribution in [-0.2, 0) is 19.0 Å². The van der Waals surface area contributed by atoms with E-state index in [1.807, 2.05) is 12.1 Å². The molecule has 2 rings (SSSR count). The normalized spacial score (nSPS) is 15.0. The molecular formula is C14H14F6NO3PS. The van der Waals surface area contributed by atoms with Gasteiger partial charge in [-0.1, -0.05) is 24.3 Å². The molecule has 0 saturated heterocycles. The van der Waals surface area contributed by atoms with Crippen LogP contribution in [0.2, 0.25) is 0 Å². The van der Waals surface area contributed by atoms with E-state index in [1.54, 1.807) is 24.3 Å². The second kappa shape index (κ2) is 6.96. The zero-order valence-electron chi connectivity index (χ0n) is 12.8. The van der Waals surface area contributed by atoms with E-state index in [-0.39, 0.29) is 16.7 Å². The van der Waals surface area contributed by atoms with Gasteiger partial charge in [-0.25, -0.2) is 0 Å². The molecule has 12 heteroatoms. The number of phenols is 1. The molecule has 1 atom stereocenters. The Morgan fingerprint density at radius 1 is 0.962 bits per heavy atom. The predicted molar refractivity (Wildman–Crippen MR) is 91.4 cm³/mol. The van der Waals surface area contributed by atoms with Gasteiger partial charge in [0.25, 0.3) is 5.69 Å². The molecule has 0 bridgehead atoms. The molecule has 0 radical (unpaired) electrons. The maximum Gasteiger partial charge on any atom is 0.269 e. The van der Waals surface area contributed by atoms with Gasteiger partial charge in [-0.2, -0.15) is 0 Å². The number of halogens is 6. The molecule has 0 aliphatic rings. The molecule has 0 aromatic heterocycles. The van der Waals surface area contributed by atoms with Crippen molar-refractivity contribution in [1.82, 2.24) is 0 Å². The fourth-order valence-corrected chi connectivity index (χ4v) is 2.24. The van der Waals surface area contributed by atoms with Crippen molar-refractivity contribution in [3.05, 3.63) is 69.8 Å². The standard InChI is InChI=1S/C14H13NO3S.F6P/c16-13-7-3-11(4-8-13)14(19)9-10-1-5-12(6-2-10)15(17)18;1-7(2,3,4,5)6/h1-8,14,16,19H,9H2;/q;-1/p+1. The Morgan fingerprint density at radius 3 is 1.77 bits per heavy atom. The second-order valence-electron chi connectivity index (χ2n) is 5.23. The van der Waals surface area contributed by atoms with E-state index in [4.69, 9.17) is 0 Å². The topological polar surface area (TPSA) is 63.4 Å². The van der Waals surface area contributed by atoms with Crippen molar-refractivity contribution in [1.29, 1.82) is 0 Å². The maximum absolute atomic E-state index is 10.7. The van der Waals surface area contributed by atoms with Crippen LogP contribution in [0.3, 0.4) is 0 Å². The molecule has 0 fully saturated rings. The SMILES string of the molecule is F[P-](F)(F)(F)(F)F.O=[N+]([O-])c1ccc(CC([SH2+])c2ccc(O)cc2)cc1. The third kappa shape index (κ3) is 10.8. The summed E-state index contributed by atoms with van der Waals surface area (Å²) >= 11 is 3.63. The third-order valence-corrected chi connectivity index (χ3v) is 3.42. The molecule has 2 aromatic rings. The van der Waals surface area contributed by atoms with Gasteiger partial charge in [0, 0.05) is 24.1 Å². The van der Waals surface area contributed by atoms with Crippen molar-refractivity contribution >= 4 is 26.1 Å². The Bertz CT molecular complexity index is 755. The number of non-ortho nitro benzene ring substituents is 1. The average Bonchev–Trinajstić information content (AvgIpc) is 2.45. The average molecular weight is 421 g/mol. The van der Waals surface area contributed by atoms with Gasteiger partial charge in [-0.05, 0) is 30.3 Å². The Hall–Kier alpha value is -2.00. The van der Waals surface area contributed by atoms with Crippen LogP contribution < -0.4 is 0 Å². The van der Waals surface area contributed by atoms with Crippen LogP contribution >= 0.6 is 7.81 Å². The summed E-state index contributed by atoms with van der Waals surface area (Å²) in [5, 5.41) is 19.9. The van der Waals surface area contributed by atoms with E-state index < -0.39 is 12.7 Å².